The Bertz CT molecular complexity index is 452. The molecule has 0 aliphatic heterocycles. The zero-order valence-corrected chi connectivity index (χ0v) is 11.7. The minimum atomic E-state index is 0.234. The number of benzene rings is 2. The van der Waals surface area contributed by atoms with Crippen molar-refractivity contribution in [1.29, 1.82) is 0 Å². The van der Waals surface area contributed by atoms with Crippen molar-refractivity contribution in [3.8, 4) is 0 Å². The summed E-state index contributed by atoms with van der Waals surface area (Å²) in [5.74, 6) is 0. The largest absolute Gasteiger partial charge is 0.326 e. The van der Waals surface area contributed by atoms with Crippen LogP contribution >= 0.6 is 0 Å². The summed E-state index contributed by atoms with van der Waals surface area (Å²) in [5.41, 5.74) is 10.7. The Morgan fingerprint density at radius 1 is 0.895 bits per heavy atom. The average molecular weight is 254 g/mol. The van der Waals surface area contributed by atoms with Crippen molar-refractivity contribution < 1.29 is 0 Å². The third-order valence-corrected chi connectivity index (χ3v) is 3.56. The van der Waals surface area contributed by atoms with Gasteiger partial charge in [0.15, 0.2) is 0 Å². The van der Waals surface area contributed by atoms with Gasteiger partial charge in [-0.1, -0.05) is 55.5 Å². The number of aryl methyl sites for hydroxylation is 1. The predicted molar refractivity (Wildman–Crippen MR) is 81.1 cm³/mol. The van der Waals surface area contributed by atoms with E-state index >= 15 is 0 Å². The molecule has 0 saturated carbocycles. The normalized spacial score (nSPS) is 12.4. The summed E-state index contributed by atoms with van der Waals surface area (Å²) in [6, 6.07) is 17.5. The van der Waals surface area contributed by atoms with Gasteiger partial charge in [-0.2, -0.15) is 0 Å². The first kappa shape index (κ1) is 13.8. The van der Waals surface area contributed by atoms with Gasteiger partial charge >= 0.3 is 0 Å². The molecule has 2 rings (SSSR count). The maximum absolute atomic E-state index is 5.64. The van der Waals surface area contributed by atoms with Crippen LogP contribution in [0.15, 0.2) is 48.5 Å². The van der Waals surface area contributed by atoms with Gasteiger partial charge in [0, 0.05) is 6.54 Å². The van der Waals surface area contributed by atoms with E-state index in [1.54, 1.807) is 0 Å². The Kier molecular flexibility index (Phi) is 4.72. The molecule has 0 amide bonds. The first-order valence-corrected chi connectivity index (χ1v) is 6.83. The maximum Gasteiger partial charge on any atom is 0.0574 e. The smallest absolute Gasteiger partial charge is 0.0574 e. The standard InChI is InChI=1S/C17H22N2/c1-3-13-4-8-15(9-5-13)17(19-2)16-10-6-14(12-18)7-11-16/h4-11,17,19H,3,12,18H2,1-2H3. The molecule has 100 valence electrons. The van der Waals surface area contributed by atoms with Crippen LogP contribution in [0.3, 0.4) is 0 Å². The van der Waals surface area contributed by atoms with Crippen LogP contribution in [0.2, 0.25) is 0 Å². The fraction of sp³-hybridized carbons (Fsp3) is 0.294. The van der Waals surface area contributed by atoms with Crippen LogP contribution in [0, 0.1) is 0 Å². The van der Waals surface area contributed by atoms with Crippen LogP contribution in [-0.2, 0) is 13.0 Å². The number of nitrogens with one attached hydrogen (secondary N) is 1. The fourth-order valence-electron chi connectivity index (χ4n) is 2.32. The summed E-state index contributed by atoms with van der Waals surface area (Å²) in [6.07, 6.45) is 1.08. The van der Waals surface area contributed by atoms with Crippen molar-refractivity contribution in [3.05, 3.63) is 70.8 Å². The molecular formula is C17H22N2. The molecular weight excluding hydrogens is 232 g/mol. The monoisotopic (exact) mass is 254 g/mol. The van der Waals surface area contributed by atoms with E-state index in [2.05, 4.69) is 60.8 Å². The Balaban J connectivity index is 2.26. The summed E-state index contributed by atoms with van der Waals surface area (Å²) in [6.45, 7) is 2.77. The van der Waals surface area contributed by atoms with Gasteiger partial charge in [0.2, 0.25) is 0 Å². The third kappa shape index (κ3) is 3.22. The zero-order chi connectivity index (χ0) is 13.7. The van der Waals surface area contributed by atoms with Gasteiger partial charge in [0.05, 0.1) is 6.04 Å². The van der Waals surface area contributed by atoms with Gasteiger partial charge in [0.1, 0.15) is 0 Å². The van der Waals surface area contributed by atoms with Crippen LogP contribution in [-0.4, -0.2) is 7.05 Å². The van der Waals surface area contributed by atoms with Gasteiger partial charge in [-0.3, -0.25) is 0 Å². The van der Waals surface area contributed by atoms with Crippen molar-refractivity contribution in [2.75, 3.05) is 7.05 Å². The Hall–Kier alpha value is -1.64. The second kappa shape index (κ2) is 6.50. The second-order valence-electron chi connectivity index (χ2n) is 4.76. The lowest BCUT2D eigenvalue weighted by Gasteiger charge is -2.18. The summed E-state index contributed by atoms with van der Waals surface area (Å²) in [4.78, 5) is 0. The lowest BCUT2D eigenvalue weighted by atomic mass is 9.96. The first-order chi connectivity index (χ1) is 9.28. The maximum atomic E-state index is 5.64. The molecule has 0 aliphatic rings. The Morgan fingerprint density at radius 3 is 1.74 bits per heavy atom. The summed E-state index contributed by atoms with van der Waals surface area (Å²) < 4.78 is 0. The zero-order valence-electron chi connectivity index (χ0n) is 11.7. The average Bonchev–Trinajstić information content (AvgIpc) is 2.49. The minimum absolute atomic E-state index is 0.234. The number of nitrogens with two attached hydrogens (primary N) is 1. The van der Waals surface area contributed by atoms with Crippen molar-refractivity contribution >= 4 is 0 Å². The summed E-state index contributed by atoms with van der Waals surface area (Å²) in [5, 5.41) is 3.38. The molecule has 0 aromatic heterocycles. The highest BCUT2D eigenvalue weighted by atomic mass is 14.9. The van der Waals surface area contributed by atoms with Crippen LogP contribution in [0.5, 0.6) is 0 Å². The molecule has 2 nitrogen and oxygen atoms in total. The van der Waals surface area contributed by atoms with E-state index in [-0.39, 0.29) is 6.04 Å². The van der Waals surface area contributed by atoms with Crippen molar-refractivity contribution in [2.24, 2.45) is 5.73 Å². The molecule has 2 aromatic carbocycles. The molecule has 2 heteroatoms. The second-order valence-corrected chi connectivity index (χ2v) is 4.76. The quantitative estimate of drug-likeness (QED) is 0.860. The molecule has 0 heterocycles. The van der Waals surface area contributed by atoms with Crippen molar-refractivity contribution in [2.45, 2.75) is 25.9 Å². The van der Waals surface area contributed by atoms with Gasteiger partial charge in [-0.25, -0.2) is 0 Å². The van der Waals surface area contributed by atoms with E-state index in [0.29, 0.717) is 6.54 Å². The topological polar surface area (TPSA) is 38.0 Å². The Labute approximate surface area is 115 Å². The van der Waals surface area contributed by atoms with Gasteiger partial charge in [-0.05, 0) is 35.7 Å². The molecule has 3 N–H and O–H groups in total. The molecule has 1 unspecified atom stereocenters. The molecule has 0 aliphatic carbocycles. The van der Waals surface area contributed by atoms with E-state index in [9.17, 15) is 0 Å². The van der Waals surface area contributed by atoms with E-state index in [4.69, 9.17) is 5.73 Å². The number of hydrogen-bond donors (Lipinski definition) is 2. The highest BCUT2D eigenvalue weighted by molar-refractivity contribution is 5.35. The van der Waals surface area contributed by atoms with Gasteiger partial charge < -0.3 is 11.1 Å². The molecule has 1 atom stereocenters. The van der Waals surface area contributed by atoms with E-state index < -0.39 is 0 Å². The third-order valence-electron chi connectivity index (χ3n) is 3.56. The summed E-state index contributed by atoms with van der Waals surface area (Å²) in [7, 11) is 2.00. The molecule has 19 heavy (non-hydrogen) atoms. The lowest BCUT2D eigenvalue weighted by molar-refractivity contribution is 0.691. The summed E-state index contributed by atoms with van der Waals surface area (Å²) >= 11 is 0. The first-order valence-electron chi connectivity index (χ1n) is 6.83. The highest BCUT2D eigenvalue weighted by Gasteiger charge is 2.11. The molecule has 0 radical (unpaired) electrons. The van der Waals surface area contributed by atoms with Crippen molar-refractivity contribution in [1.82, 2.24) is 5.32 Å². The van der Waals surface area contributed by atoms with Crippen LogP contribution < -0.4 is 11.1 Å². The highest BCUT2D eigenvalue weighted by Crippen LogP contribution is 2.22. The van der Waals surface area contributed by atoms with Crippen LogP contribution in [0.25, 0.3) is 0 Å². The van der Waals surface area contributed by atoms with Crippen LogP contribution in [0.1, 0.15) is 35.2 Å². The molecule has 0 bridgehead atoms. The number of hydrogen-bond acceptors (Lipinski definition) is 2. The molecule has 0 fully saturated rings. The van der Waals surface area contributed by atoms with E-state index in [1.165, 1.54) is 22.3 Å². The Morgan fingerprint density at radius 2 is 1.37 bits per heavy atom. The molecule has 0 spiro atoms. The predicted octanol–water partition coefficient (Wildman–Crippen LogP) is 3.02. The fourth-order valence-corrected chi connectivity index (χ4v) is 2.32. The van der Waals surface area contributed by atoms with Crippen molar-refractivity contribution in [3.63, 3.8) is 0 Å². The van der Waals surface area contributed by atoms with Gasteiger partial charge in [0.25, 0.3) is 0 Å². The molecule has 0 saturated heterocycles. The number of rotatable bonds is 5. The van der Waals surface area contributed by atoms with E-state index in [1.807, 2.05) is 7.05 Å². The van der Waals surface area contributed by atoms with Crippen LogP contribution in [0.4, 0.5) is 0 Å². The SMILES string of the molecule is CCc1ccc(C(NC)c2ccc(CN)cc2)cc1. The minimum Gasteiger partial charge on any atom is -0.326 e. The van der Waals surface area contributed by atoms with E-state index in [0.717, 1.165) is 6.42 Å². The molecule has 2 aromatic rings. The lowest BCUT2D eigenvalue weighted by Crippen LogP contribution is -2.17. The van der Waals surface area contributed by atoms with Gasteiger partial charge in [-0.15, -0.1) is 0 Å².